The monoisotopic (exact) mass is 797 g/mol. The van der Waals surface area contributed by atoms with E-state index in [4.69, 9.17) is 37.9 Å². The molecule has 14 nitrogen and oxygen atoms in total. The van der Waals surface area contributed by atoms with Gasteiger partial charge in [0.15, 0.2) is 29.8 Å². The van der Waals surface area contributed by atoms with Gasteiger partial charge in [0.2, 0.25) is 12.9 Å². The van der Waals surface area contributed by atoms with Gasteiger partial charge in [-0.05, 0) is 50.1 Å². The van der Waals surface area contributed by atoms with E-state index in [0.29, 0.717) is 51.9 Å². The Morgan fingerprint density at radius 3 is 2.53 bits per heavy atom. The zero-order valence-corrected chi connectivity index (χ0v) is 33.3. The molecule has 0 amide bonds. The lowest BCUT2D eigenvalue weighted by Crippen LogP contribution is -2.69. The summed E-state index contributed by atoms with van der Waals surface area (Å²) < 4.78 is 47.9. The molecule has 0 radical (unpaired) electrons. The number of methoxy groups -OCH3 is 2. The zero-order valence-electron chi connectivity index (χ0n) is 32.4. The van der Waals surface area contributed by atoms with Gasteiger partial charge in [0, 0.05) is 60.2 Å². The lowest BCUT2D eigenvalue weighted by atomic mass is 9.71. The Hall–Kier alpha value is -5.27. The van der Waals surface area contributed by atoms with Gasteiger partial charge in [-0.1, -0.05) is 36.4 Å². The maximum atomic E-state index is 13.9. The molecular formula is C42H43N3O11S. The number of hydrogen-bond acceptors (Lipinski definition) is 15. The highest BCUT2D eigenvalue weighted by atomic mass is 32.2. The highest BCUT2D eigenvalue weighted by Gasteiger charge is 2.61. The fourth-order valence-corrected chi connectivity index (χ4v) is 10.7. The first-order valence-electron chi connectivity index (χ1n) is 18.6. The van der Waals surface area contributed by atoms with Crippen molar-refractivity contribution < 1.29 is 52.3 Å². The van der Waals surface area contributed by atoms with Crippen molar-refractivity contribution in [3.63, 3.8) is 0 Å². The van der Waals surface area contributed by atoms with Crippen molar-refractivity contribution in [3.05, 3.63) is 81.4 Å². The topological polar surface area (TPSA) is 155 Å². The molecule has 57 heavy (non-hydrogen) atoms. The average Bonchev–Trinajstić information content (AvgIpc) is 3.69. The summed E-state index contributed by atoms with van der Waals surface area (Å²) in [5.74, 6) is 0.274. The Morgan fingerprint density at radius 2 is 1.81 bits per heavy atom. The summed E-state index contributed by atoms with van der Waals surface area (Å²) in [6.07, 6.45) is 2.13. The molecule has 6 aliphatic heterocycles. The molecule has 0 spiro atoms. The minimum atomic E-state index is -1.28. The van der Waals surface area contributed by atoms with Gasteiger partial charge in [-0.3, -0.25) is 14.6 Å². The first-order chi connectivity index (χ1) is 27.6. The number of benzene rings is 3. The molecule has 2 unspecified atom stereocenters. The van der Waals surface area contributed by atoms with E-state index >= 15 is 0 Å². The van der Waals surface area contributed by atoms with Crippen molar-refractivity contribution in [2.45, 2.75) is 68.8 Å². The second-order valence-corrected chi connectivity index (χ2v) is 15.8. The highest BCUT2D eigenvalue weighted by Crippen LogP contribution is 2.64. The number of esters is 3. The molecule has 2 saturated heterocycles. The van der Waals surface area contributed by atoms with Crippen molar-refractivity contribution >= 4 is 35.7 Å². The number of aryl methyl sites for hydroxylation is 1. The number of nitriles is 1. The van der Waals surface area contributed by atoms with Crippen LogP contribution < -0.4 is 23.7 Å². The number of thioether (sulfide) groups is 1. The van der Waals surface area contributed by atoms with Crippen LogP contribution in [-0.4, -0.2) is 99.2 Å². The molecule has 9 rings (SSSR count). The lowest BCUT2D eigenvalue weighted by molar-refractivity contribution is -0.167. The standard InChI is InChI=1S/C42H43N3O11S/c1-21-14-25-15-26-27(16-43)45-28-17-51-42(48)29(56-30(47)13-12-24-10-8-7-9-11-24)18-57-41(33-32(28)40-38(53-20-54-40)22(2)37(33)55-23(3)46)35(45)34(44(26)4)31(25)39(36(21)50-6)52-19-49-5/h7-14,26-29,34-35,41H,15,17-20H2,1-6H3/b13-12+/t26-,27-,28-,29?,34+,35?,41+/m0/s1. The van der Waals surface area contributed by atoms with Gasteiger partial charge in [0.25, 0.3) is 0 Å². The smallest absolute Gasteiger partial charge is 0.348 e. The van der Waals surface area contributed by atoms with Crippen molar-refractivity contribution in [2.75, 3.05) is 47.2 Å². The van der Waals surface area contributed by atoms with E-state index in [2.05, 4.69) is 21.9 Å². The molecule has 0 aliphatic carbocycles. The van der Waals surface area contributed by atoms with Gasteiger partial charge in [0.1, 0.15) is 18.4 Å². The number of carbonyl (C=O) groups is 3. The van der Waals surface area contributed by atoms with Gasteiger partial charge in [-0.2, -0.15) is 5.26 Å². The van der Waals surface area contributed by atoms with Gasteiger partial charge in [0.05, 0.1) is 30.5 Å². The number of ether oxygens (including phenoxy) is 8. The fraction of sp³-hybridized carbons (Fsp3) is 0.429. The Balaban J connectivity index is 1.33. The Bertz CT molecular complexity index is 2190. The van der Waals surface area contributed by atoms with Crippen LogP contribution in [0.15, 0.2) is 42.5 Å². The van der Waals surface area contributed by atoms with Crippen molar-refractivity contribution in [1.29, 1.82) is 5.26 Å². The fourth-order valence-electron chi connectivity index (χ4n) is 9.18. The third-order valence-electron chi connectivity index (χ3n) is 11.4. The van der Waals surface area contributed by atoms with E-state index in [1.54, 1.807) is 20.3 Å². The summed E-state index contributed by atoms with van der Waals surface area (Å²) in [5.41, 5.74) is 5.40. The Labute approximate surface area is 334 Å². The third kappa shape index (κ3) is 6.54. The van der Waals surface area contributed by atoms with Crippen LogP contribution in [0.25, 0.3) is 6.08 Å². The molecule has 2 fully saturated rings. The molecule has 3 aromatic rings. The quantitative estimate of drug-likeness (QED) is 0.128. The zero-order chi connectivity index (χ0) is 40.1. The average molecular weight is 798 g/mol. The van der Waals surface area contributed by atoms with E-state index < -0.39 is 53.4 Å². The maximum Gasteiger partial charge on any atom is 0.348 e. The largest absolute Gasteiger partial charge is 0.493 e. The van der Waals surface area contributed by atoms with E-state index in [1.165, 1.54) is 24.8 Å². The molecule has 298 valence electrons. The second-order valence-electron chi connectivity index (χ2n) is 14.6. The number of fused-ring (bicyclic) bond motifs is 10. The van der Waals surface area contributed by atoms with Crippen LogP contribution in [0.2, 0.25) is 0 Å². The molecule has 0 N–H and O–H groups in total. The van der Waals surface area contributed by atoms with Gasteiger partial charge < -0.3 is 37.9 Å². The minimum absolute atomic E-state index is 0.0238. The normalized spacial score (nSPS) is 26.1. The van der Waals surface area contributed by atoms with E-state index in [1.807, 2.05) is 51.2 Å². The molecular weight excluding hydrogens is 755 g/mol. The molecule has 6 aliphatic rings. The predicted molar refractivity (Wildman–Crippen MR) is 206 cm³/mol. The first kappa shape index (κ1) is 38.6. The van der Waals surface area contributed by atoms with Gasteiger partial charge >= 0.3 is 17.9 Å². The summed E-state index contributed by atoms with van der Waals surface area (Å²) in [7, 11) is 5.16. The first-order valence-corrected chi connectivity index (χ1v) is 19.7. The molecule has 4 bridgehead atoms. The second kappa shape index (κ2) is 15.6. The lowest BCUT2D eigenvalue weighted by Gasteiger charge is -2.61. The summed E-state index contributed by atoms with van der Waals surface area (Å²) >= 11 is 1.36. The molecule has 3 aromatic carbocycles. The van der Waals surface area contributed by atoms with E-state index in [9.17, 15) is 19.6 Å². The number of nitrogens with zero attached hydrogens (tertiary/aromatic N) is 3. The van der Waals surface area contributed by atoms with Crippen molar-refractivity contribution in [2.24, 2.45) is 0 Å². The molecule has 15 heteroatoms. The van der Waals surface area contributed by atoms with Crippen LogP contribution in [0, 0.1) is 25.2 Å². The third-order valence-corrected chi connectivity index (χ3v) is 12.8. The highest BCUT2D eigenvalue weighted by molar-refractivity contribution is 7.99. The van der Waals surface area contributed by atoms with Crippen LogP contribution in [0.3, 0.4) is 0 Å². The predicted octanol–water partition coefficient (Wildman–Crippen LogP) is 5.13. The van der Waals surface area contributed by atoms with Crippen LogP contribution in [0.5, 0.6) is 28.7 Å². The summed E-state index contributed by atoms with van der Waals surface area (Å²) in [6.45, 7) is 4.77. The van der Waals surface area contributed by atoms with Crippen molar-refractivity contribution in [3.8, 4) is 34.8 Å². The number of piperazine rings is 1. The molecule has 7 atom stereocenters. The summed E-state index contributed by atoms with van der Waals surface area (Å²) in [4.78, 5) is 44.4. The molecule has 0 aromatic heterocycles. The number of carbonyl (C=O) groups excluding carboxylic acids is 3. The summed E-state index contributed by atoms with van der Waals surface area (Å²) in [5, 5.41) is 10.5. The van der Waals surface area contributed by atoms with Gasteiger partial charge in [-0.15, -0.1) is 11.8 Å². The van der Waals surface area contributed by atoms with Crippen molar-refractivity contribution in [1.82, 2.24) is 9.80 Å². The maximum absolute atomic E-state index is 13.9. The number of likely N-dealkylation sites (N-methyl/N-ethyl adjacent to an activating group) is 1. The molecule has 0 saturated carbocycles. The van der Waals surface area contributed by atoms with Crippen LogP contribution in [-0.2, 0) is 35.0 Å². The van der Waals surface area contributed by atoms with Gasteiger partial charge in [-0.25, -0.2) is 9.59 Å². The SMILES string of the molecule is COCOc1c(OC)c(C)cc2c1[C@@H]1C3[C@@H]4SCC(OC(=O)/C=C/c5ccccc5)C(=O)OC[C@@H](c5c6c(c(C)c(OC(C)=O)c54)OCO6)N3[C@@H](C#N)[C@H](C2)N1C. The Kier molecular flexibility index (Phi) is 10.6. The van der Waals surface area contributed by atoms with E-state index in [0.717, 1.165) is 22.3 Å². The molecule has 6 heterocycles. The number of hydrogen-bond donors (Lipinski definition) is 0. The summed E-state index contributed by atoms with van der Waals surface area (Å²) in [6, 6.07) is 11.3. The van der Waals surface area contributed by atoms with Crippen LogP contribution in [0.4, 0.5) is 0 Å². The van der Waals surface area contributed by atoms with E-state index in [-0.39, 0.29) is 32.0 Å². The van der Waals surface area contributed by atoms with Crippen LogP contribution in [0.1, 0.15) is 63.2 Å². The Morgan fingerprint density at radius 1 is 1.04 bits per heavy atom. The van der Waals surface area contributed by atoms with Crippen LogP contribution >= 0.6 is 11.8 Å². The number of rotatable bonds is 8. The minimum Gasteiger partial charge on any atom is -0.493 e.